The van der Waals surface area contributed by atoms with Crippen LogP contribution in [0.4, 0.5) is 22.0 Å². The van der Waals surface area contributed by atoms with Crippen molar-refractivity contribution in [1.82, 2.24) is 0 Å². The topological polar surface area (TPSA) is 26.3 Å². The van der Waals surface area contributed by atoms with E-state index in [2.05, 4.69) is 4.74 Å². The van der Waals surface area contributed by atoms with Gasteiger partial charge in [-0.3, -0.25) is 4.79 Å². The molecule has 0 saturated carbocycles. The van der Waals surface area contributed by atoms with Crippen LogP contribution in [-0.2, 0) is 6.18 Å². The minimum atomic E-state index is -4.95. The van der Waals surface area contributed by atoms with Gasteiger partial charge in [-0.2, -0.15) is 22.0 Å². The molecule has 100 valence electrons. The van der Waals surface area contributed by atoms with E-state index in [-0.39, 0.29) is 3.57 Å². The van der Waals surface area contributed by atoms with E-state index < -0.39 is 35.4 Å². The number of hydrogen-bond acceptors (Lipinski definition) is 2. The number of ether oxygens (including phenoxy) is 1. The summed E-state index contributed by atoms with van der Waals surface area (Å²) in [5, 5.41) is 0. The van der Waals surface area contributed by atoms with E-state index in [0.29, 0.717) is 0 Å². The minimum Gasteiger partial charge on any atom is -0.434 e. The van der Waals surface area contributed by atoms with Crippen molar-refractivity contribution < 1.29 is 31.5 Å². The molecule has 0 amide bonds. The summed E-state index contributed by atoms with van der Waals surface area (Å²) in [6.07, 6.45) is -4.95. The third kappa shape index (κ3) is 3.53. The van der Waals surface area contributed by atoms with Gasteiger partial charge in [0.1, 0.15) is 11.3 Å². The van der Waals surface area contributed by atoms with Gasteiger partial charge in [0.25, 0.3) is 0 Å². The van der Waals surface area contributed by atoms with Gasteiger partial charge in [0.15, 0.2) is 5.78 Å². The number of Topliss-reactive ketones (excluding diaryl/α,β-unsaturated/α-hetero) is 1. The van der Waals surface area contributed by atoms with Gasteiger partial charge >= 0.3 is 12.8 Å². The van der Waals surface area contributed by atoms with Crippen molar-refractivity contribution in [2.45, 2.75) is 19.7 Å². The molecule has 18 heavy (non-hydrogen) atoms. The summed E-state index contributed by atoms with van der Waals surface area (Å²) in [5.41, 5.74) is -2.17. The maximum atomic E-state index is 12.8. The fourth-order valence-electron chi connectivity index (χ4n) is 1.34. The highest BCUT2D eigenvalue weighted by atomic mass is 127. The highest BCUT2D eigenvalue weighted by Crippen LogP contribution is 2.40. The number of ketones is 1. The van der Waals surface area contributed by atoms with Crippen LogP contribution < -0.4 is 4.74 Å². The van der Waals surface area contributed by atoms with Gasteiger partial charge < -0.3 is 4.74 Å². The normalized spacial score (nSPS) is 11.8. The Morgan fingerprint density at radius 2 is 1.89 bits per heavy atom. The van der Waals surface area contributed by atoms with Crippen LogP contribution >= 0.6 is 22.6 Å². The molecule has 1 aromatic rings. The van der Waals surface area contributed by atoms with Crippen molar-refractivity contribution in [2.75, 3.05) is 0 Å². The molecule has 0 spiro atoms. The molecule has 0 saturated heterocycles. The number of rotatable bonds is 3. The minimum absolute atomic E-state index is 0.196. The van der Waals surface area contributed by atoms with Crippen LogP contribution in [0.25, 0.3) is 0 Å². The Balaban J connectivity index is 3.53. The van der Waals surface area contributed by atoms with Crippen molar-refractivity contribution in [3.05, 3.63) is 26.8 Å². The molecule has 1 aromatic carbocycles. The number of carbonyl (C=O) groups excluding carboxylic acids is 1. The average Bonchev–Trinajstić information content (AvgIpc) is 2.12. The van der Waals surface area contributed by atoms with Crippen LogP contribution in [0, 0.1) is 3.57 Å². The Bertz CT molecular complexity index is 470. The first-order valence-electron chi connectivity index (χ1n) is 4.49. The molecule has 0 fully saturated rings. The largest absolute Gasteiger partial charge is 0.434 e. The predicted octanol–water partition coefficient (Wildman–Crippen LogP) is 4.11. The molecule has 0 radical (unpaired) electrons. The molecule has 0 unspecified atom stereocenters. The number of hydrogen-bond donors (Lipinski definition) is 0. The zero-order chi connectivity index (χ0) is 14.1. The molecule has 0 aromatic heterocycles. The van der Waals surface area contributed by atoms with E-state index in [1.165, 1.54) is 0 Å². The van der Waals surface area contributed by atoms with Crippen LogP contribution in [0.5, 0.6) is 5.75 Å². The highest BCUT2D eigenvalue weighted by Gasteiger charge is 2.39. The average molecular weight is 380 g/mol. The van der Waals surface area contributed by atoms with E-state index in [9.17, 15) is 26.7 Å². The maximum Gasteiger partial charge on any atom is 0.420 e. The Labute approximate surface area is 112 Å². The summed E-state index contributed by atoms with van der Waals surface area (Å²) >= 11 is 1.61. The zero-order valence-corrected chi connectivity index (χ0v) is 11.0. The molecule has 0 atom stereocenters. The van der Waals surface area contributed by atoms with Crippen molar-refractivity contribution >= 4 is 28.4 Å². The number of halogens is 6. The molecule has 0 N–H and O–H groups in total. The standard InChI is InChI=1S/C10H6F5IO2/c1-4(17)6-2-5(16)3-7(18-9(11)12)8(6)10(13,14)15/h2-3,9H,1H3. The second-order valence-corrected chi connectivity index (χ2v) is 4.50. The van der Waals surface area contributed by atoms with Gasteiger partial charge in [-0.1, -0.05) is 0 Å². The SMILES string of the molecule is CC(=O)c1cc(I)cc(OC(F)F)c1C(F)(F)F. The summed E-state index contributed by atoms with van der Waals surface area (Å²) in [7, 11) is 0. The monoisotopic (exact) mass is 380 g/mol. The van der Waals surface area contributed by atoms with Gasteiger partial charge in [-0.05, 0) is 41.6 Å². The van der Waals surface area contributed by atoms with E-state index in [1.54, 1.807) is 22.6 Å². The quantitative estimate of drug-likeness (QED) is 0.448. The van der Waals surface area contributed by atoms with Gasteiger partial charge in [-0.25, -0.2) is 0 Å². The second-order valence-electron chi connectivity index (χ2n) is 3.26. The van der Waals surface area contributed by atoms with Gasteiger partial charge in [0.2, 0.25) is 0 Å². The molecule has 0 aliphatic carbocycles. The van der Waals surface area contributed by atoms with Gasteiger partial charge in [0, 0.05) is 9.13 Å². The summed E-state index contributed by atoms with van der Waals surface area (Å²) in [6, 6.07) is 1.78. The Kier molecular flexibility index (Phi) is 4.51. The first-order chi connectivity index (χ1) is 8.12. The van der Waals surface area contributed by atoms with E-state index in [1.807, 2.05) is 0 Å². The number of alkyl halides is 5. The highest BCUT2D eigenvalue weighted by molar-refractivity contribution is 14.1. The molecule has 1 rings (SSSR count). The predicted molar refractivity (Wildman–Crippen MR) is 60.8 cm³/mol. The van der Waals surface area contributed by atoms with Crippen molar-refractivity contribution in [3.8, 4) is 5.75 Å². The summed E-state index contributed by atoms with van der Waals surface area (Å²) in [4.78, 5) is 11.2. The number of benzene rings is 1. The molecule has 0 aliphatic rings. The molecular formula is C10H6F5IO2. The Morgan fingerprint density at radius 1 is 1.33 bits per heavy atom. The van der Waals surface area contributed by atoms with Crippen LogP contribution in [0.2, 0.25) is 0 Å². The fourth-order valence-corrected chi connectivity index (χ4v) is 1.94. The molecule has 0 aliphatic heterocycles. The second kappa shape index (κ2) is 5.37. The smallest absolute Gasteiger partial charge is 0.420 e. The van der Waals surface area contributed by atoms with Crippen molar-refractivity contribution in [2.24, 2.45) is 0 Å². The lowest BCUT2D eigenvalue weighted by molar-refractivity contribution is -0.142. The zero-order valence-electron chi connectivity index (χ0n) is 8.82. The summed E-state index contributed by atoms with van der Waals surface area (Å²) in [6.45, 7) is -2.48. The van der Waals surface area contributed by atoms with E-state index >= 15 is 0 Å². The van der Waals surface area contributed by atoms with E-state index in [4.69, 9.17) is 0 Å². The number of carbonyl (C=O) groups is 1. The van der Waals surface area contributed by atoms with Crippen molar-refractivity contribution in [1.29, 1.82) is 0 Å². The third-order valence-corrected chi connectivity index (χ3v) is 2.57. The van der Waals surface area contributed by atoms with Crippen molar-refractivity contribution in [3.63, 3.8) is 0 Å². The lowest BCUT2D eigenvalue weighted by Gasteiger charge is -2.16. The lowest BCUT2D eigenvalue weighted by Crippen LogP contribution is -2.16. The Hall–Kier alpha value is -0.930. The van der Waals surface area contributed by atoms with Gasteiger partial charge in [-0.15, -0.1) is 0 Å². The first kappa shape index (κ1) is 15.1. The van der Waals surface area contributed by atoms with E-state index in [0.717, 1.165) is 19.1 Å². The third-order valence-electron chi connectivity index (χ3n) is 1.95. The lowest BCUT2D eigenvalue weighted by atomic mass is 10.0. The Morgan fingerprint density at radius 3 is 2.28 bits per heavy atom. The maximum absolute atomic E-state index is 12.8. The molecule has 0 bridgehead atoms. The van der Waals surface area contributed by atoms with Crippen LogP contribution in [-0.4, -0.2) is 12.4 Å². The molecular weight excluding hydrogens is 374 g/mol. The van der Waals surface area contributed by atoms with Gasteiger partial charge in [0.05, 0.1) is 0 Å². The van der Waals surface area contributed by atoms with Crippen LogP contribution in [0.3, 0.4) is 0 Å². The first-order valence-corrected chi connectivity index (χ1v) is 5.57. The fraction of sp³-hybridized carbons (Fsp3) is 0.300. The summed E-state index contributed by atoms with van der Waals surface area (Å²) in [5.74, 6) is -1.92. The molecule has 8 heteroatoms. The molecule has 0 heterocycles. The van der Waals surface area contributed by atoms with Crippen LogP contribution in [0.15, 0.2) is 12.1 Å². The van der Waals surface area contributed by atoms with Crippen LogP contribution in [0.1, 0.15) is 22.8 Å². The molecule has 2 nitrogen and oxygen atoms in total. The summed E-state index contributed by atoms with van der Waals surface area (Å²) < 4.78 is 66.5.